The second-order valence-electron chi connectivity index (χ2n) is 7.46. The van der Waals surface area contributed by atoms with Gasteiger partial charge in [-0.1, -0.05) is 6.07 Å². The summed E-state index contributed by atoms with van der Waals surface area (Å²) in [5.74, 6) is 0.00698. The van der Waals surface area contributed by atoms with Crippen molar-refractivity contribution in [2.24, 2.45) is 0 Å². The first-order chi connectivity index (χ1) is 15.4. The molecule has 4 rings (SSSR count). The van der Waals surface area contributed by atoms with Gasteiger partial charge in [0.05, 0.1) is 13.2 Å². The number of carbonyl (C=O) groups excluding carboxylic acids is 1. The molecule has 0 radical (unpaired) electrons. The van der Waals surface area contributed by atoms with Crippen LogP contribution in [-0.4, -0.2) is 69.6 Å². The highest BCUT2D eigenvalue weighted by Gasteiger charge is 2.30. The zero-order chi connectivity index (χ0) is 22.7. The van der Waals surface area contributed by atoms with Gasteiger partial charge in [0.1, 0.15) is 23.9 Å². The molecule has 1 saturated heterocycles. The van der Waals surface area contributed by atoms with Gasteiger partial charge < -0.3 is 19.1 Å². The first-order valence-electron chi connectivity index (χ1n) is 10.5. The second kappa shape index (κ2) is 9.43. The zero-order valence-corrected chi connectivity index (χ0v) is 18.6. The predicted molar refractivity (Wildman–Crippen MR) is 114 cm³/mol. The van der Waals surface area contributed by atoms with Crippen LogP contribution in [-0.2, 0) is 21.3 Å². The Morgan fingerprint density at radius 3 is 2.47 bits per heavy atom. The molecular formula is C22H25FN2O6S. The molecule has 2 heterocycles. The number of morpholine rings is 1. The standard InChI is InChI=1S/C22H25FN2O6S/c1-2-24(15-16-3-6-19-20(13-16)31-12-11-30-19)22(26)17-4-5-18(23)21(14-17)32(27,28)25-7-9-29-10-8-25/h3-6,13-14H,2,7-12,15H2,1H3. The lowest BCUT2D eigenvalue weighted by Gasteiger charge is -2.26. The third kappa shape index (κ3) is 4.57. The van der Waals surface area contributed by atoms with Crippen molar-refractivity contribution in [1.82, 2.24) is 9.21 Å². The molecule has 2 aromatic carbocycles. The van der Waals surface area contributed by atoms with Gasteiger partial charge in [-0.25, -0.2) is 12.8 Å². The maximum Gasteiger partial charge on any atom is 0.254 e. The number of carbonyl (C=O) groups is 1. The zero-order valence-electron chi connectivity index (χ0n) is 17.8. The van der Waals surface area contributed by atoms with Crippen molar-refractivity contribution in [3.63, 3.8) is 0 Å². The smallest absolute Gasteiger partial charge is 0.254 e. The molecule has 0 N–H and O–H groups in total. The topological polar surface area (TPSA) is 85.4 Å². The molecular weight excluding hydrogens is 439 g/mol. The number of fused-ring (bicyclic) bond motifs is 1. The van der Waals surface area contributed by atoms with E-state index in [1.54, 1.807) is 11.0 Å². The summed E-state index contributed by atoms with van der Waals surface area (Å²) >= 11 is 0. The normalized spacial score (nSPS) is 16.6. The van der Waals surface area contributed by atoms with Crippen molar-refractivity contribution in [1.29, 1.82) is 0 Å². The first-order valence-corrected chi connectivity index (χ1v) is 11.9. The van der Waals surface area contributed by atoms with E-state index in [1.165, 1.54) is 10.4 Å². The van der Waals surface area contributed by atoms with Crippen LogP contribution in [0.5, 0.6) is 11.5 Å². The number of amides is 1. The summed E-state index contributed by atoms with van der Waals surface area (Å²) < 4.78 is 57.8. The van der Waals surface area contributed by atoms with Crippen molar-refractivity contribution < 1.29 is 31.8 Å². The van der Waals surface area contributed by atoms with Crippen LogP contribution < -0.4 is 9.47 Å². The van der Waals surface area contributed by atoms with E-state index in [0.717, 1.165) is 17.7 Å². The number of nitrogens with zero attached hydrogens (tertiary/aromatic N) is 2. The van der Waals surface area contributed by atoms with E-state index in [-0.39, 0.29) is 44.3 Å². The van der Waals surface area contributed by atoms with Crippen LogP contribution in [0.2, 0.25) is 0 Å². The summed E-state index contributed by atoms with van der Waals surface area (Å²) in [7, 11) is -4.07. The maximum absolute atomic E-state index is 14.5. The first kappa shape index (κ1) is 22.5. The maximum atomic E-state index is 14.5. The Kier molecular flexibility index (Phi) is 6.63. The molecule has 2 aliphatic heterocycles. The van der Waals surface area contributed by atoms with E-state index < -0.39 is 20.7 Å². The highest BCUT2D eigenvalue weighted by atomic mass is 32.2. The summed E-state index contributed by atoms with van der Waals surface area (Å²) in [4.78, 5) is 14.2. The van der Waals surface area contributed by atoms with Gasteiger partial charge in [-0.15, -0.1) is 0 Å². The summed E-state index contributed by atoms with van der Waals surface area (Å²) in [5, 5.41) is 0. The van der Waals surface area contributed by atoms with Crippen molar-refractivity contribution in [2.75, 3.05) is 46.1 Å². The second-order valence-corrected chi connectivity index (χ2v) is 9.37. The summed E-state index contributed by atoms with van der Waals surface area (Å²) in [5.41, 5.74) is 0.949. The molecule has 0 aliphatic carbocycles. The quantitative estimate of drug-likeness (QED) is 0.652. The summed E-state index contributed by atoms with van der Waals surface area (Å²) in [6.07, 6.45) is 0. The highest BCUT2D eigenvalue weighted by molar-refractivity contribution is 7.89. The third-order valence-corrected chi connectivity index (χ3v) is 7.33. The Morgan fingerprint density at radius 2 is 1.75 bits per heavy atom. The van der Waals surface area contributed by atoms with Crippen molar-refractivity contribution in [2.45, 2.75) is 18.4 Å². The minimum atomic E-state index is -4.07. The number of hydrogen-bond acceptors (Lipinski definition) is 6. The fourth-order valence-electron chi connectivity index (χ4n) is 3.68. The number of hydrogen-bond donors (Lipinski definition) is 0. The number of halogens is 1. The van der Waals surface area contributed by atoms with E-state index in [1.807, 2.05) is 19.1 Å². The molecule has 0 aromatic heterocycles. The average molecular weight is 465 g/mol. The van der Waals surface area contributed by atoms with Gasteiger partial charge in [0, 0.05) is 31.7 Å². The number of ether oxygens (including phenoxy) is 3. The fraction of sp³-hybridized carbons (Fsp3) is 0.409. The molecule has 2 aliphatic rings. The van der Waals surface area contributed by atoms with Gasteiger partial charge >= 0.3 is 0 Å². The van der Waals surface area contributed by atoms with E-state index >= 15 is 0 Å². The molecule has 1 fully saturated rings. The van der Waals surface area contributed by atoms with E-state index in [4.69, 9.17) is 14.2 Å². The monoisotopic (exact) mass is 464 g/mol. The Labute approximate surface area is 186 Å². The SMILES string of the molecule is CCN(Cc1ccc2c(c1)OCCO2)C(=O)c1ccc(F)c(S(=O)(=O)N2CCOCC2)c1. The molecule has 172 valence electrons. The number of rotatable bonds is 6. The molecule has 2 aromatic rings. The highest BCUT2D eigenvalue weighted by Crippen LogP contribution is 2.31. The van der Waals surface area contributed by atoms with Gasteiger partial charge in [0.25, 0.3) is 5.91 Å². The van der Waals surface area contributed by atoms with Gasteiger partial charge in [-0.3, -0.25) is 4.79 Å². The van der Waals surface area contributed by atoms with Crippen molar-refractivity contribution >= 4 is 15.9 Å². The Morgan fingerprint density at radius 1 is 1.03 bits per heavy atom. The van der Waals surface area contributed by atoms with Gasteiger partial charge in [-0.05, 0) is 42.8 Å². The van der Waals surface area contributed by atoms with Gasteiger partial charge in [0.2, 0.25) is 10.0 Å². The lowest BCUT2D eigenvalue weighted by molar-refractivity contribution is 0.0728. The molecule has 0 unspecified atom stereocenters. The van der Waals surface area contributed by atoms with Gasteiger partial charge in [0.15, 0.2) is 11.5 Å². The van der Waals surface area contributed by atoms with E-state index in [2.05, 4.69) is 0 Å². The Hall–Kier alpha value is -2.69. The lowest BCUT2D eigenvalue weighted by Crippen LogP contribution is -2.41. The average Bonchev–Trinajstić information content (AvgIpc) is 2.82. The molecule has 0 atom stereocenters. The summed E-state index contributed by atoms with van der Waals surface area (Å²) in [6, 6.07) is 8.93. The molecule has 8 nitrogen and oxygen atoms in total. The Balaban J connectivity index is 1.57. The lowest BCUT2D eigenvalue weighted by atomic mass is 10.1. The molecule has 10 heteroatoms. The van der Waals surface area contributed by atoms with Crippen LogP contribution in [0, 0.1) is 5.82 Å². The molecule has 1 amide bonds. The van der Waals surface area contributed by atoms with Gasteiger partial charge in [-0.2, -0.15) is 4.31 Å². The van der Waals surface area contributed by atoms with E-state index in [0.29, 0.717) is 31.3 Å². The fourth-order valence-corrected chi connectivity index (χ4v) is 5.17. The molecule has 32 heavy (non-hydrogen) atoms. The van der Waals surface area contributed by atoms with Crippen LogP contribution in [0.25, 0.3) is 0 Å². The van der Waals surface area contributed by atoms with Crippen molar-refractivity contribution in [3.05, 3.63) is 53.3 Å². The van der Waals surface area contributed by atoms with Crippen LogP contribution >= 0.6 is 0 Å². The summed E-state index contributed by atoms with van der Waals surface area (Å²) in [6.45, 7) is 4.23. The van der Waals surface area contributed by atoms with Crippen LogP contribution in [0.1, 0.15) is 22.8 Å². The molecule has 0 bridgehead atoms. The minimum absolute atomic E-state index is 0.109. The third-order valence-electron chi connectivity index (χ3n) is 5.41. The minimum Gasteiger partial charge on any atom is -0.486 e. The van der Waals surface area contributed by atoms with Crippen LogP contribution in [0.15, 0.2) is 41.3 Å². The molecule has 0 spiro atoms. The number of sulfonamides is 1. The Bertz CT molecular complexity index is 1100. The molecule has 0 saturated carbocycles. The van der Waals surface area contributed by atoms with Crippen molar-refractivity contribution in [3.8, 4) is 11.5 Å². The van der Waals surface area contributed by atoms with Crippen LogP contribution in [0.3, 0.4) is 0 Å². The number of benzene rings is 2. The predicted octanol–water partition coefficient (Wildman–Crippen LogP) is 2.28. The largest absolute Gasteiger partial charge is 0.486 e. The van der Waals surface area contributed by atoms with E-state index in [9.17, 15) is 17.6 Å². The van der Waals surface area contributed by atoms with Crippen LogP contribution in [0.4, 0.5) is 4.39 Å².